The van der Waals surface area contributed by atoms with Crippen molar-refractivity contribution < 1.29 is 24.5 Å². The van der Waals surface area contributed by atoms with Gasteiger partial charge in [0, 0.05) is 39.4 Å². The van der Waals surface area contributed by atoms with Gasteiger partial charge in [-0.3, -0.25) is 4.79 Å². The lowest BCUT2D eigenvalue weighted by Crippen LogP contribution is -2.44. The molecule has 1 aliphatic heterocycles. The van der Waals surface area contributed by atoms with E-state index in [0.29, 0.717) is 24.3 Å². The molecule has 0 unspecified atom stereocenters. The van der Waals surface area contributed by atoms with Gasteiger partial charge in [-0.2, -0.15) is 0 Å². The van der Waals surface area contributed by atoms with Crippen LogP contribution in [0.15, 0.2) is 17.1 Å². The van der Waals surface area contributed by atoms with Crippen molar-refractivity contribution in [2.45, 2.75) is 0 Å². The summed E-state index contributed by atoms with van der Waals surface area (Å²) in [6, 6.07) is 1.10. The van der Waals surface area contributed by atoms with Gasteiger partial charge < -0.3 is 30.1 Å². The highest BCUT2D eigenvalue weighted by atomic mass is 35.5. The van der Waals surface area contributed by atoms with E-state index in [0.717, 1.165) is 19.2 Å². The highest BCUT2D eigenvalue weighted by Crippen LogP contribution is 2.37. The normalized spacial score (nSPS) is 13.2. The van der Waals surface area contributed by atoms with Crippen LogP contribution in [0, 0.1) is 5.82 Å². The molecule has 0 aliphatic carbocycles. The van der Waals surface area contributed by atoms with Crippen molar-refractivity contribution in [2.75, 3.05) is 38.2 Å². The van der Waals surface area contributed by atoms with Crippen molar-refractivity contribution in [1.29, 1.82) is 0 Å². The van der Waals surface area contributed by atoms with E-state index in [4.69, 9.17) is 9.84 Å². The molecule has 0 radical (unpaired) electrons. The summed E-state index contributed by atoms with van der Waals surface area (Å²) in [4.78, 5) is 25.5. The molecule has 2 heterocycles. The van der Waals surface area contributed by atoms with E-state index < -0.39 is 22.8 Å². The molecule has 1 saturated heterocycles. The van der Waals surface area contributed by atoms with E-state index in [2.05, 4.69) is 5.32 Å². The summed E-state index contributed by atoms with van der Waals surface area (Å²) < 4.78 is 21.7. The molecule has 2 aromatic rings. The number of aryl methyl sites for hydroxylation is 1. The predicted octanol–water partition coefficient (Wildman–Crippen LogP) is 0.813. The molecule has 3 rings (SSSR count). The van der Waals surface area contributed by atoms with E-state index in [1.807, 2.05) is 4.90 Å². The van der Waals surface area contributed by atoms with Gasteiger partial charge in [-0.05, 0) is 6.07 Å². The Morgan fingerprint density at radius 2 is 1.89 bits per heavy atom. The van der Waals surface area contributed by atoms with Gasteiger partial charge >= 0.3 is 5.97 Å². The minimum absolute atomic E-state index is 0. The summed E-state index contributed by atoms with van der Waals surface area (Å²) in [5, 5.41) is 12.3. The first-order chi connectivity index (χ1) is 11.5. The number of hydrogen-bond donors (Lipinski definition) is 2. The maximum absolute atomic E-state index is 14.8. The smallest absolute Gasteiger partial charge is 0.341 e. The fourth-order valence-corrected chi connectivity index (χ4v) is 3.12. The quantitative estimate of drug-likeness (QED) is 0.751. The molecule has 1 aliphatic rings. The zero-order chi connectivity index (χ0) is 17.4. The number of aromatic nitrogens is 1. The van der Waals surface area contributed by atoms with E-state index in [-0.39, 0.29) is 41.4 Å². The highest BCUT2D eigenvalue weighted by molar-refractivity contribution is 5.96. The van der Waals surface area contributed by atoms with Crippen molar-refractivity contribution in [3.63, 3.8) is 0 Å². The lowest BCUT2D eigenvalue weighted by molar-refractivity contribution is 0.0695. The van der Waals surface area contributed by atoms with E-state index in [9.17, 15) is 14.0 Å². The van der Waals surface area contributed by atoms with Crippen molar-refractivity contribution in [2.24, 2.45) is 7.05 Å². The Bertz CT molecular complexity index is 885. The van der Waals surface area contributed by atoms with Crippen LogP contribution in [0.2, 0.25) is 0 Å². The van der Waals surface area contributed by atoms with Crippen LogP contribution < -0.4 is 20.4 Å². The first-order valence-electron chi connectivity index (χ1n) is 7.54. The molecule has 8 nitrogen and oxygen atoms in total. The second kappa shape index (κ2) is 9.75. The van der Waals surface area contributed by atoms with Crippen LogP contribution in [0.3, 0.4) is 0 Å². The molecule has 0 spiro atoms. The second-order valence-electron chi connectivity index (χ2n) is 5.66. The predicted molar refractivity (Wildman–Crippen MR) is 106 cm³/mol. The average molecular weight is 426 g/mol. The molecule has 1 fully saturated rings. The summed E-state index contributed by atoms with van der Waals surface area (Å²) in [6.45, 7) is 2.66. The van der Waals surface area contributed by atoms with Crippen LogP contribution >= 0.6 is 24.8 Å². The Balaban J connectivity index is 0.00000225. The van der Waals surface area contributed by atoms with Crippen LogP contribution in [0.5, 0.6) is 5.75 Å². The largest absolute Gasteiger partial charge is 0.492 e. The maximum atomic E-state index is 14.8. The number of pyridine rings is 1. The Labute approximate surface area is 167 Å². The Hall–Kier alpha value is -2.07. The van der Waals surface area contributed by atoms with Gasteiger partial charge in [0.1, 0.15) is 11.3 Å². The number of carboxylic acids is 1. The number of carboxylic acid groups (broad SMARTS) is 1. The lowest BCUT2D eigenvalue weighted by atomic mass is 10.1. The number of rotatable bonds is 3. The van der Waals surface area contributed by atoms with Crippen molar-refractivity contribution in [3.05, 3.63) is 33.9 Å². The molecule has 1 aromatic carbocycles. The van der Waals surface area contributed by atoms with Crippen molar-refractivity contribution >= 4 is 47.4 Å². The van der Waals surface area contributed by atoms with Gasteiger partial charge in [0.2, 0.25) is 5.43 Å². The zero-order valence-corrected chi connectivity index (χ0v) is 16.4. The minimum Gasteiger partial charge on any atom is -0.492 e. The van der Waals surface area contributed by atoms with Crippen LogP contribution in [-0.2, 0) is 7.05 Å². The SMILES string of the molecule is COc1c(N2CCNCC2)c(F)cc2c(=O)c(C(=O)O)cn(C)c12.Cl.Cl.O. The number of nitrogens with zero attached hydrogens (tertiary/aromatic N) is 2. The number of hydrogen-bond acceptors (Lipinski definition) is 5. The Morgan fingerprint density at radius 1 is 1.30 bits per heavy atom. The molecule has 152 valence electrons. The number of nitrogens with one attached hydrogen (secondary N) is 1. The van der Waals surface area contributed by atoms with Crippen LogP contribution in [0.1, 0.15) is 10.4 Å². The third-order valence-corrected chi connectivity index (χ3v) is 4.22. The molecular formula is C16H22Cl2FN3O5. The van der Waals surface area contributed by atoms with E-state index in [1.165, 1.54) is 17.9 Å². The van der Waals surface area contributed by atoms with Crippen LogP contribution in [0.25, 0.3) is 10.9 Å². The first kappa shape index (κ1) is 24.9. The molecular weight excluding hydrogens is 404 g/mol. The summed E-state index contributed by atoms with van der Waals surface area (Å²) in [7, 11) is 3.02. The molecule has 0 atom stereocenters. The Kier molecular flexibility index (Phi) is 9.00. The van der Waals surface area contributed by atoms with Gasteiger partial charge in [-0.1, -0.05) is 0 Å². The summed E-state index contributed by atoms with van der Waals surface area (Å²) >= 11 is 0. The molecule has 0 amide bonds. The number of piperazine rings is 1. The summed E-state index contributed by atoms with van der Waals surface area (Å²) in [6.07, 6.45) is 1.23. The number of ether oxygens (including phenoxy) is 1. The number of anilines is 1. The lowest BCUT2D eigenvalue weighted by Gasteiger charge is -2.31. The van der Waals surface area contributed by atoms with Gasteiger partial charge in [-0.25, -0.2) is 9.18 Å². The number of fused-ring (bicyclic) bond motifs is 1. The number of benzene rings is 1. The third-order valence-electron chi connectivity index (χ3n) is 4.22. The topological polar surface area (TPSA) is 115 Å². The first-order valence-corrected chi connectivity index (χ1v) is 7.54. The highest BCUT2D eigenvalue weighted by Gasteiger charge is 2.25. The van der Waals surface area contributed by atoms with Gasteiger partial charge in [-0.15, -0.1) is 24.8 Å². The van der Waals surface area contributed by atoms with Gasteiger partial charge in [0.15, 0.2) is 11.6 Å². The number of aromatic carboxylic acids is 1. The molecule has 27 heavy (non-hydrogen) atoms. The summed E-state index contributed by atoms with van der Waals surface area (Å²) in [5.41, 5.74) is -0.451. The standard InChI is InChI=1S/C16H18FN3O4.2ClH.H2O/c1-19-8-10(16(22)23)14(21)9-7-11(17)13(15(24-2)12(9)19)20-5-3-18-4-6-20;;;/h7-8,18H,3-6H2,1-2H3,(H,22,23);2*1H;1H2. The molecule has 1 aromatic heterocycles. The fourth-order valence-electron chi connectivity index (χ4n) is 3.12. The maximum Gasteiger partial charge on any atom is 0.341 e. The van der Waals surface area contributed by atoms with E-state index in [1.54, 1.807) is 7.05 Å². The van der Waals surface area contributed by atoms with Crippen LogP contribution in [-0.4, -0.2) is 54.4 Å². The van der Waals surface area contributed by atoms with E-state index >= 15 is 0 Å². The van der Waals surface area contributed by atoms with Crippen LogP contribution in [0.4, 0.5) is 10.1 Å². The van der Waals surface area contributed by atoms with Gasteiger partial charge in [0.05, 0.1) is 18.0 Å². The molecule has 0 saturated carbocycles. The summed E-state index contributed by atoms with van der Waals surface area (Å²) in [5.74, 6) is -1.70. The number of carbonyl (C=O) groups is 1. The minimum atomic E-state index is -1.34. The average Bonchev–Trinajstić information content (AvgIpc) is 2.57. The zero-order valence-electron chi connectivity index (χ0n) is 14.7. The molecule has 4 N–H and O–H groups in total. The number of methoxy groups -OCH3 is 1. The number of halogens is 3. The fraction of sp³-hybridized carbons (Fsp3) is 0.375. The van der Waals surface area contributed by atoms with Crippen molar-refractivity contribution in [3.8, 4) is 5.75 Å². The van der Waals surface area contributed by atoms with Gasteiger partial charge in [0.25, 0.3) is 0 Å². The molecule has 0 bridgehead atoms. The van der Waals surface area contributed by atoms with Crippen molar-refractivity contribution in [1.82, 2.24) is 9.88 Å². The monoisotopic (exact) mass is 425 g/mol. The second-order valence-corrected chi connectivity index (χ2v) is 5.66. The third kappa shape index (κ3) is 4.27. The molecule has 11 heteroatoms. The Morgan fingerprint density at radius 3 is 2.41 bits per heavy atom.